The Balaban J connectivity index is 1.55. The van der Waals surface area contributed by atoms with Crippen molar-refractivity contribution in [2.45, 2.75) is 6.42 Å². The number of morpholine rings is 1. The fraction of sp³-hybridized carbons (Fsp3) is 0.300. The Hall–Kier alpha value is -3.04. The van der Waals surface area contributed by atoms with Crippen molar-refractivity contribution in [1.82, 2.24) is 0 Å². The van der Waals surface area contributed by atoms with Crippen molar-refractivity contribution < 1.29 is 9.53 Å². The van der Waals surface area contributed by atoms with Gasteiger partial charge in [0, 0.05) is 26.1 Å². The Morgan fingerprint density at radius 1 is 1.08 bits per heavy atom. The van der Waals surface area contributed by atoms with Crippen LogP contribution in [0.2, 0.25) is 0 Å². The van der Waals surface area contributed by atoms with E-state index in [-0.39, 0.29) is 5.91 Å². The molecule has 0 aromatic heterocycles. The molecule has 0 aliphatic carbocycles. The molecule has 0 radical (unpaired) electrons. The van der Waals surface area contributed by atoms with Crippen LogP contribution < -0.4 is 15.5 Å². The lowest BCUT2D eigenvalue weighted by atomic mass is 10.2. The molecule has 0 saturated carbocycles. The van der Waals surface area contributed by atoms with Gasteiger partial charge in [0.25, 0.3) is 0 Å². The lowest BCUT2D eigenvalue weighted by molar-refractivity contribution is -0.115. The van der Waals surface area contributed by atoms with Crippen LogP contribution in [0.5, 0.6) is 0 Å². The van der Waals surface area contributed by atoms with Gasteiger partial charge in [0.2, 0.25) is 5.91 Å². The molecule has 6 nitrogen and oxygen atoms in total. The third kappa shape index (κ3) is 4.52. The highest BCUT2D eigenvalue weighted by molar-refractivity contribution is 5.92. The quantitative estimate of drug-likeness (QED) is 0.838. The lowest BCUT2D eigenvalue weighted by Crippen LogP contribution is -2.36. The Morgan fingerprint density at radius 2 is 1.77 bits per heavy atom. The molecule has 134 valence electrons. The Kier molecular flexibility index (Phi) is 6.07. The van der Waals surface area contributed by atoms with Crippen molar-refractivity contribution in [2.75, 3.05) is 48.4 Å². The molecule has 6 heteroatoms. The van der Waals surface area contributed by atoms with Crippen LogP contribution in [0.15, 0.2) is 48.5 Å². The van der Waals surface area contributed by atoms with Crippen LogP contribution in [0, 0.1) is 11.3 Å². The zero-order valence-corrected chi connectivity index (χ0v) is 14.6. The van der Waals surface area contributed by atoms with Crippen LogP contribution in [0.3, 0.4) is 0 Å². The van der Waals surface area contributed by atoms with E-state index in [1.165, 1.54) is 0 Å². The molecule has 26 heavy (non-hydrogen) atoms. The van der Waals surface area contributed by atoms with E-state index in [0.717, 1.165) is 37.7 Å². The molecule has 1 amide bonds. The van der Waals surface area contributed by atoms with Crippen LogP contribution >= 0.6 is 0 Å². The maximum atomic E-state index is 12.2. The van der Waals surface area contributed by atoms with E-state index in [2.05, 4.69) is 27.7 Å². The number of rotatable bonds is 6. The number of hydrogen-bond acceptors (Lipinski definition) is 5. The highest BCUT2D eigenvalue weighted by Gasteiger charge is 2.14. The van der Waals surface area contributed by atoms with E-state index in [0.29, 0.717) is 24.2 Å². The first-order valence-electron chi connectivity index (χ1n) is 8.72. The minimum absolute atomic E-state index is 0.121. The molecule has 2 aromatic carbocycles. The molecule has 2 aromatic rings. The first-order chi connectivity index (χ1) is 12.8. The Labute approximate surface area is 153 Å². The number of para-hydroxylation sites is 3. The van der Waals surface area contributed by atoms with E-state index in [9.17, 15) is 4.79 Å². The summed E-state index contributed by atoms with van der Waals surface area (Å²) >= 11 is 0. The molecule has 1 fully saturated rings. The molecule has 0 bridgehead atoms. The summed E-state index contributed by atoms with van der Waals surface area (Å²) in [6, 6.07) is 17.2. The molecular formula is C20H22N4O2. The van der Waals surface area contributed by atoms with Gasteiger partial charge in [-0.25, -0.2) is 0 Å². The van der Waals surface area contributed by atoms with Crippen molar-refractivity contribution in [3.63, 3.8) is 0 Å². The van der Waals surface area contributed by atoms with Gasteiger partial charge in [-0.15, -0.1) is 0 Å². The number of hydrogen-bond donors (Lipinski definition) is 2. The largest absolute Gasteiger partial charge is 0.383 e. The van der Waals surface area contributed by atoms with Crippen molar-refractivity contribution in [3.05, 3.63) is 54.1 Å². The number of anilines is 3. The second kappa shape index (κ2) is 8.88. The molecular weight excluding hydrogens is 328 g/mol. The number of amides is 1. The summed E-state index contributed by atoms with van der Waals surface area (Å²) < 4.78 is 5.41. The topological polar surface area (TPSA) is 77.4 Å². The van der Waals surface area contributed by atoms with E-state index in [4.69, 9.17) is 10.00 Å². The van der Waals surface area contributed by atoms with E-state index < -0.39 is 0 Å². The van der Waals surface area contributed by atoms with Crippen LogP contribution in [-0.4, -0.2) is 38.8 Å². The molecule has 1 aliphatic heterocycles. The van der Waals surface area contributed by atoms with Gasteiger partial charge in [-0.05, 0) is 24.3 Å². The molecule has 1 saturated heterocycles. The van der Waals surface area contributed by atoms with Gasteiger partial charge in [-0.3, -0.25) is 4.79 Å². The van der Waals surface area contributed by atoms with Crippen LogP contribution in [0.4, 0.5) is 17.1 Å². The van der Waals surface area contributed by atoms with E-state index in [1.807, 2.05) is 18.2 Å². The summed E-state index contributed by atoms with van der Waals surface area (Å²) in [5.74, 6) is -0.121. The zero-order chi connectivity index (χ0) is 18.2. The summed E-state index contributed by atoms with van der Waals surface area (Å²) in [5.41, 5.74) is 3.16. The molecule has 0 atom stereocenters. The number of nitrogens with zero attached hydrogens (tertiary/aromatic N) is 2. The summed E-state index contributed by atoms with van der Waals surface area (Å²) in [6.45, 7) is 3.71. The maximum absolute atomic E-state index is 12.2. The average molecular weight is 350 g/mol. The number of nitrogens with one attached hydrogen (secondary N) is 2. The zero-order valence-electron chi connectivity index (χ0n) is 14.6. The SMILES string of the molecule is N#Cc1ccccc1NC(=O)CCNc1ccccc1N1CCOCC1. The van der Waals surface area contributed by atoms with Gasteiger partial charge in [-0.2, -0.15) is 5.26 Å². The predicted molar refractivity (Wildman–Crippen MR) is 102 cm³/mol. The Morgan fingerprint density at radius 3 is 2.54 bits per heavy atom. The molecule has 0 spiro atoms. The lowest BCUT2D eigenvalue weighted by Gasteiger charge is -2.30. The van der Waals surface area contributed by atoms with Crippen molar-refractivity contribution in [1.29, 1.82) is 5.26 Å². The summed E-state index contributed by atoms with van der Waals surface area (Å²) in [5, 5.41) is 15.2. The second-order valence-corrected chi connectivity index (χ2v) is 6.00. The summed E-state index contributed by atoms with van der Waals surface area (Å²) in [6.07, 6.45) is 0.317. The van der Waals surface area contributed by atoms with Gasteiger partial charge in [0.05, 0.1) is 35.8 Å². The minimum Gasteiger partial charge on any atom is -0.383 e. The third-order valence-electron chi connectivity index (χ3n) is 4.24. The monoisotopic (exact) mass is 350 g/mol. The fourth-order valence-electron chi connectivity index (χ4n) is 2.92. The molecule has 0 unspecified atom stereocenters. The van der Waals surface area contributed by atoms with Gasteiger partial charge in [0.15, 0.2) is 0 Å². The van der Waals surface area contributed by atoms with Gasteiger partial charge >= 0.3 is 0 Å². The summed E-state index contributed by atoms with van der Waals surface area (Å²) in [7, 11) is 0. The highest BCUT2D eigenvalue weighted by Crippen LogP contribution is 2.26. The van der Waals surface area contributed by atoms with E-state index >= 15 is 0 Å². The van der Waals surface area contributed by atoms with Crippen LogP contribution in [-0.2, 0) is 9.53 Å². The van der Waals surface area contributed by atoms with Crippen LogP contribution in [0.25, 0.3) is 0 Å². The van der Waals surface area contributed by atoms with Crippen molar-refractivity contribution >= 4 is 23.0 Å². The van der Waals surface area contributed by atoms with Crippen molar-refractivity contribution in [2.24, 2.45) is 0 Å². The minimum atomic E-state index is -0.121. The molecule has 2 N–H and O–H groups in total. The highest BCUT2D eigenvalue weighted by atomic mass is 16.5. The molecule has 1 aliphatic rings. The number of benzene rings is 2. The predicted octanol–water partition coefficient (Wildman–Crippen LogP) is 2.84. The fourth-order valence-corrected chi connectivity index (χ4v) is 2.92. The first kappa shape index (κ1) is 17.8. The van der Waals surface area contributed by atoms with Gasteiger partial charge in [0.1, 0.15) is 6.07 Å². The summed E-state index contributed by atoms with van der Waals surface area (Å²) in [4.78, 5) is 14.5. The maximum Gasteiger partial charge on any atom is 0.226 e. The van der Waals surface area contributed by atoms with Gasteiger partial charge in [-0.1, -0.05) is 24.3 Å². The second-order valence-electron chi connectivity index (χ2n) is 6.00. The number of carbonyl (C=O) groups excluding carboxylic acids is 1. The van der Waals surface area contributed by atoms with Gasteiger partial charge < -0.3 is 20.3 Å². The normalized spacial score (nSPS) is 13.7. The number of ether oxygens (including phenoxy) is 1. The first-order valence-corrected chi connectivity index (χ1v) is 8.72. The standard InChI is InChI=1S/C20H22N4O2/c21-15-16-5-1-2-6-17(16)23-20(25)9-10-22-18-7-3-4-8-19(18)24-11-13-26-14-12-24/h1-8,22H,9-14H2,(H,23,25). The average Bonchev–Trinajstić information content (AvgIpc) is 2.69. The third-order valence-corrected chi connectivity index (χ3v) is 4.24. The Bertz CT molecular complexity index is 794. The molecule has 1 heterocycles. The smallest absolute Gasteiger partial charge is 0.226 e. The van der Waals surface area contributed by atoms with E-state index in [1.54, 1.807) is 24.3 Å². The number of nitriles is 1. The number of carbonyl (C=O) groups is 1. The van der Waals surface area contributed by atoms with Crippen LogP contribution in [0.1, 0.15) is 12.0 Å². The molecule has 3 rings (SSSR count). The van der Waals surface area contributed by atoms with Crippen molar-refractivity contribution in [3.8, 4) is 6.07 Å².